The van der Waals surface area contributed by atoms with Crippen LogP contribution >= 0.6 is 0 Å². The quantitative estimate of drug-likeness (QED) is 0.876. The predicted octanol–water partition coefficient (Wildman–Crippen LogP) is 4.14. The summed E-state index contributed by atoms with van der Waals surface area (Å²) in [7, 11) is -4.30. The van der Waals surface area contributed by atoms with Crippen molar-refractivity contribution in [1.82, 2.24) is 4.72 Å². The molecule has 1 aliphatic carbocycles. The zero-order chi connectivity index (χ0) is 17.4. The van der Waals surface area contributed by atoms with Crippen molar-refractivity contribution in [3.05, 3.63) is 65.7 Å². The summed E-state index contributed by atoms with van der Waals surface area (Å²) in [4.78, 5) is -0.737. The lowest BCUT2D eigenvalue weighted by atomic mass is 10.0. The molecule has 0 aromatic heterocycles. The van der Waals surface area contributed by atoms with E-state index in [1.165, 1.54) is 12.1 Å². The Morgan fingerprint density at radius 3 is 2.12 bits per heavy atom. The van der Waals surface area contributed by atoms with Crippen molar-refractivity contribution in [3.63, 3.8) is 0 Å². The normalized spacial score (nSPS) is 16.8. The molecule has 3 nitrogen and oxygen atoms in total. The van der Waals surface area contributed by atoms with Gasteiger partial charge in [-0.2, -0.15) is 13.2 Å². The largest absolute Gasteiger partial charge is 0.417 e. The Morgan fingerprint density at radius 2 is 1.54 bits per heavy atom. The summed E-state index contributed by atoms with van der Waals surface area (Å²) in [5.74, 6) is 0.111. The van der Waals surface area contributed by atoms with Gasteiger partial charge in [0.05, 0.1) is 10.5 Å². The molecular formula is C17H16F3NO2S. The molecule has 1 saturated carbocycles. The molecule has 24 heavy (non-hydrogen) atoms. The van der Waals surface area contributed by atoms with Gasteiger partial charge in [-0.3, -0.25) is 0 Å². The maximum absolute atomic E-state index is 13.1. The molecule has 1 fully saturated rings. The summed E-state index contributed by atoms with van der Waals surface area (Å²) in [5, 5.41) is 0. The molecule has 0 unspecified atom stereocenters. The fraction of sp³-hybridized carbons (Fsp3) is 0.294. The summed E-state index contributed by atoms with van der Waals surface area (Å²) in [5.41, 5.74) is -0.395. The summed E-state index contributed by atoms with van der Waals surface area (Å²) in [6.07, 6.45) is -3.03. The Hall–Kier alpha value is -1.86. The van der Waals surface area contributed by atoms with E-state index in [0.717, 1.165) is 30.5 Å². The molecule has 128 valence electrons. The number of rotatable bonds is 5. The Kier molecular flexibility index (Phi) is 4.40. The van der Waals surface area contributed by atoms with Crippen LogP contribution < -0.4 is 4.72 Å². The highest BCUT2D eigenvalue weighted by Crippen LogP contribution is 2.42. The number of hydrogen-bond acceptors (Lipinski definition) is 2. The molecule has 0 radical (unpaired) electrons. The first-order valence-corrected chi connectivity index (χ1v) is 9.01. The van der Waals surface area contributed by atoms with Gasteiger partial charge >= 0.3 is 6.18 Å². The van der Waals surface area contributed by atoms with E-state index in [0.29, 0.717) is 0 Å². The maximum Gasteiger partial charge on any atom is 0.417 e. The molecule has 1 aliphatic rings. The van der Waals surface area contributed by atoms with E-state index >= 15 is 0 Å². The Morgan fingerprint density at radius 1 is 0.958 bits per heavy atom. The summed E-state index contributed by atoms with van der Waals surface area (Å²) < 4.78 is 67.0. The van der Waals surface area contributed by atoms with E-state index in [1.54, 1.807) is 30.3 Å². The number of halogens is 3. The third kappa shape index (κ3) is 3.62. The van der Waals surface area contributed by atoms with Crippen molar-refractivity contribution in [1.29, 1.82) is 0 Å². The predicted molar refractivity (Wildman–Crippen MR) is 83.7 cm³/mol. The van der Waals surface area contributed by atoms with E-state index < -0.39 is 32.7 Å². The van der Waals surface area contributed by atoms with E-state index in [2.05, 4.69) is 4.72 Å². The van der Waals surface area contributed by atoms with Crippen LogP contribution in [0.5, 0.6) is 0 Å². The zero-order valence-corrected chi connectivity index (χ0v) is 13.4. The molecule has 1 atom stereocenters. The van der Waals surface area contributed by atoms with Gasteiger partial charge in [0.25, 0.3) is 0 Å². The lowest BCUT2D eigenvalue weighted by molar-refractivity contribution is -0.139. The van der Waals surface area contributed by atoms with Gasteiger partial charge in [-0.1, -0.05) is 42.5 Å². The van der Waals surface area contributed by atoms with Crippen LogP contribution in [0.4, 0.5) is 13.2 Å². The van der Waals surface area contributed by atoms with Gasteiger partial charge in [-0.25, -0.2) is 13.1 Å². The van der Waals surface area contributed by atoms with Gasteiger partial charge in [0, 0.05) is 6.04 Å². The van der Waals surface area contributed by atoms with Crippen LogP contribution in [0.3, 0.4) is 0 Å². The average Bonchev–Trinajstić information content (AvgIpc) is 3.37. The van der Waals surface area contributed by atoms with Crippen molar-refractivity contribution in [2.45, 2.75) is 30.0 Å². The van der Waals surface area contributed by atoms with Crippen LogP contribution in [0.15, 0.2) is 59.5 Å². The minimum atomic E-state index is -4.73. The van der Waals surface area contributed by atoms with E-state index in [-0.39, 0.29) is 5.92 Å². The molecule has 0 heterocycles. The van der Waals surface area contributed by atoms with E-state index in [9.17, 15) is 21.6 Å². The first kappa shape index (κ1) is 17.0. The van der Waals surface area contributed by atoms with Crippen molar-refractivity contribution >= 4 is 10.0 Å². The van der Waals surface area contributed by atoms with Crippen LogP contribution in [0.25, 0.3) is 0 Å². The SMILES string of the molecule is O=S(=O)(N[C@@H](c1ccccc1)C1CC1)c1ccccc1C(F)(F)F. The monoisotopic (exact) mass is 355 g/mol. The van der Waals surface area contributed by atoms with Crippen LogP contribution in [0.2, 0.25) is 0 Å². The number of benzene rings is 2. The van der Waals surface area contributed by atoms with Crippen LogP contribution in [-0.2, 0) is 16.2 Å². The second-order valence-electron chi connectivity index (χ2n) is 5.84. The molecule has 3 rings (SSSR count). The Labute approximate surface area is 138 Å². The summed E-state index contributed by atoms with van der Waals surface area (Å²) >= 11 is 0. The number of alkyl halides is 3. The topological polar surface area (TPSA) is 46.2 Å². The first-order valence-electron chi connectivity index (χ1n) is 7.52. The van der Waals surface area contributed by atoms with Gasteiger partial charge in [-0.15, -0.1) is 0 Å². The number of hydrogen-bond donors (Lipinski definition) is 1. The van der Waals surface area contributed by atoms with Crippen LogP contribution in [0.1, 0.15) is 30.0 Å². The molecule has 1 N–H and O–H groups in total. The molecule has 2 aromatic rings. The molecule has 0 saturated heterocycles. The molecule has 7 heteroatoms. The standard InChI is InChI=1S/C17H16F3NO2S/c18-17(19,20)14-8-4-5-9-15(14)24(22,23)21-16(13-10-11-13)12-6-2-1-3-7-12/h1-9,13,16,21H,10-11H2/t16-/m0/s1. The van der Waals surface area contributed by atoms with Gasteiger partial charge in [-0.05, 0) is 36.5 Å². The number of sulfonamides is 1. The minimum Gasteiger partial charge on any atom is -0.207 e. The highest BCUT2D eigenvalue weighted by molar-refractivity contribution is 7.89. The highest BCUT2D eigenvalue weighted by Gasteiger charge is 2.40. The minimum absolute atomic E-state index is 0.111. The molecule has 2 aromatic carbocycles. The Balaban J connectivity index is 1.97. The van der Waals surface area contributed by atoms with Crippen molar-refractivity contribution in [3.8, 4) is 0 Å². The van der Waals surface area contributed by atoms with Gasteiger partial charge in [0.1, 0.15) is 0 Å². The second kappa shape index (κ2) is 6.22. The summed E-state index contributed by atoms with van der Waals surface area (Å²) in [6, 6.07) is 12.6. The fourth-order valence-electron chi connectivity index (χ4n) is 2.69. The molecule has 0 amide bonds. The molecular weight excluding hydrogens is 339 g/mol. The maximum atomic E-state index is 13.1. The molecule has 0 spiro atoms. The zero-order valence-electron chi connectivity index (χ0n) is 12.6. The van der Waals surface area contributed by atoms with Crippen molar-refractivity contribution in [2.24, 2.45) is 5.92 Å². The van der Waals surface area contributed by atoms with Crippen LogP contribution in [-0.4, -0.2) is 8.42 Å². The van der Waals surface area contributed by atoms with Gasteiger partial charge in [0.15, 0.2) is 0 Å². The van der Waals surface area contributed by atoms with Crippen molar-refractivity contribution in [2.75, 3.05) is 0 Å². The third-order valence-electron chi connectivity index (χ3n) is 4.02. The third-order valence-corrected chi connectivity index (χ3v) is 5.52. The average molecular weight is 355 g/mol. The molecule has 0 bridgehead atoms. The molecule has 0 aliphatic heterocycles. The second-order valence-corrected chi connectivity index (χ2v) is 7.52. The lowest BCUT2D eigenvalue weighted by Gasteiger charge is -2.20. The van der Waals surface area contributed by atoms with E-state index in [1.807, 2.05) is 0 Å². The van der Waals surface area contributed by atoms with Crippen LogP contribution in [0, 0.1) is 5.92 Å². The van der Waals surface area contributed by atoms with Gasteiger partial charge in [0.2, 0.25) is 10.0 Å². The van der Waals surface area contributed by atoms with Gasteiger partial charge < -0.3 is 0 Å². The van der Waals surface area contributed by atoms with E-state index in [4.69, 9.17) is 0 Å². The highest BCUT2D eigenvalue weighted by atomic mass is 32.2. The first-order chi connectivity index (χ1) is 11.3. The fourth-order valence-corrected chi connectivity index (χ4v) is 4.21. The Bertz CT molecular complexity index is 815. The number of nitrogens with one attached hydrogen (secondary N) is 1. The smallest absolute Gasteiger partial charge is 0.207 e. The summed E-state index contributed by atoms with van der Waals surface area (Å²) in [6.45, 7) is 0. The van der Waals surface area contributed by atoms with Crippen molar-refractivity contribution < 1.29 is 21.6 Å². The lowest BCUT2D eigenvalue weighted by Crippen LogP contribution is -2.31.